The molecule has 0 spiro atoms. The van der Waals surface area contributed by atoms with E-state index in [0.29, 0.717) is 6.04 Å². The molecule has 1 saturated heterocycles. The third kappa shape index (κ3) is 2.10. The second-order valence-electron chi connectivity index (χ2n) is 5.27. The second-order valence-corrected chi connectivity index (χ2v) is 6.18. The Kier molecular flexibility index (Phi) is 2.86. The molecule has 0 radical (unpaired) electrons. The van der Waals surface area contributed by atoms with Gasteiger partial charge in [0.25, 0.3) is 0 Å². The summed E-state index contributed by atoms with van der Waals surface area (Å²) in [6, 6.07) is 6.96. The number of nitrogens with one attached hydrogen (secondary N) is 1. The van der Waals surface area contributed by atoms with E-state index in [4.69, 9.17) is 9.72 Å². The first kappa shape index (κ1) is 11.9. The van der Waals surface area contributed by atoms with E-state index in [1.807, 2.05) is 0 Å². The fourth-order valence-electron chi connectivity index (χ4n) is 2.77. The highest BCUT2D eigenvalue weighted by Gasteiger charge is 2.32. The van der Waals surface area contributed by atoms with Gasteiger partial charge < -0.3 is 14.6 Å². The lowest BCUT2D eigenvalue weighted by Gasteiger charge is -2.24. The Labute approximate surface area is 120 Å². The van der Waals surface area contributed by atoms with Crippen molar-refractivity contribution in [2.45, 2.75) is 25.0 Å². The summed E-state index contributed by atoms with van der Waals surface area (Å²) >= 11 is 3.52. The zero-order valence-corrected chi connectivity index (χ0v) is 12.2. The van der Waals surface area contributed by atoms with Crippen LogP contribution in [0.2, 0.25) is 0 Å². The Balaban J connectivity index is 1.85. The predicted molar refractivity (Wildman–Crippen MR) is 77.3 cm³/mol. The molecule has 2 aliphatic rings. The molecular formula is C14H16BrN3O. The minimum absolute atomic E-state index is 0.0838. The fraction of sp³-hybridized carbons (Fsp3) is 0.500. The lowest BCUT2D eigenvalue weighted by molar-refractivity contribution is 0.0202. The van der Waals surface area contributed by atoms with Crippen LogP contribution in [-0.4, -0.2) is 29.2 Å². The molecule has 5 heteroatoms. The highest BCUT2D eigenvalue weighted by molar-refractivity contribution is 9.10. The third-order valence-corrected chi connectivity index (χ3v) is 4.30. The summed E-state index contributed by atoms with van der Waals surface area (Å²) in [6.07, 6.45) is 2.60. The first-order valence-electron chi connectivity index (χ1n) is 6.82. The van der Waals surface area contributed by atoms with Crippen LogP contribution in [0.4, 0.5) is 0 Å². The zero-order valence-electron chi connectivity index (χ0n) is 10.6. The van der Waals surface area contributed by atoms with E-state index in [2.05, 4.69) is 44.0 Å². The van der Waals surface area contributed by atoms with Crippen LogP contribution in [0.5, 0.6) is 0 Å². The number of nitrogens with zero attached hydrogens (tertiary/aromatic N) is 2. The SMILES string of the molecule is Brc1ccc2c(c1)nc(C1CNCCO1)n2C1CC1. The quantitative estimate of drug-likeness (QED) is 0.924. The van der Waals surface area contributed by atoms with Crippen LogP contribution >= 0.6 is 15.9 Å². The molecule has 0 amide bonds. The Morgan fingerprint density at radius 3 is 3.00 bits per heavy atom. The summed E-state index contributed by atoms with van der Waals surface area (Å²) in [5, 5.41) is 3.39. The molecule has 1 aromatic heterocycles. The lowest BCUT2D eigenvalue weighted by atomic mass is 10.3. The molecule has 100 valence electrons. The third-order valence-electron chi connectivity index (χ3n) is 3.81. The maximum atomic E-state index is 5.88. The van der Waals surface area contributed by atoms with Crippen LogP contribution in [-0.2, 0) is 4.74 Å². The van der Waals surface area contributed by atoms with Gasteiger partial charge in [0.05, 0.1) is 17.6 Å². The molecule has 1 saturated carbocycles. The molecule has 19 heavy (non-hydrogen) atoms. The molecule has 0 bridgehead atoms. The van der Waals surface area contributed by atoms with Crippen molar-refractivity contribution in [2.75, 3.05) is 19.7 Å². The van der Waals surface area contributed by atoms with Crippen LogP contribution < -0.4 is 5.32 Å². The van der Waals surface area contributed by atoms with Crippen molar-refractivity contribution in [3.05, 3.63) is 28.5 Å². The predicted octanol–water partition coefficient (Wildman–Crippen LogP) is 2.79. The monoisotopic (exact) mass is 321 g/mol. The first-order chi connectivity index (χ1) is 9.33. The highest BCUT2D eigenvalue weighted by atomic mass is 79.9. The van der Waals surface area contributed by atoms with Crippen molar-refractivity contribution in [2.24, 2.45) is 0 Å². The van der Waals surface area contributed by atoms with Gasteiger partial charge in [-0.05, 0) is 31.0 Å². The first-order valence-corrected chi connectivity index (χ1v) is 7.62. The number of fused-ring (bicyclic) bond motifs is 1. The van der Waals surface area contributed by atoms with Crippen LogP contribution in [0.15, 0.2) is 22.7 Å². The number of hydrogen-bond donors (Lipinski definition) is 1. The van der Waals surface area contributed by atoms with Crippen LogP contribution in [0.25, 0.3) is 11.0 Å². The molecule has 2 fully saturated rings. The van der Waals surface area contributed by atoms with Gasteiger partial charge >= 0.3 is 0 Å². The van der Waals surface area contributed by atoms with Crippen LogP contribution in [0, 0.1) is 0 Å². The van der Waals surface area contributed by atoms with Gasteiger partial charge in [-0.15, -0.1) is 0 Å². The molecule has 4 rings (SSSR count). The summed E-state index contributed by atoms with van der Waals surface area (Å²) in [5.74, 6) is 1.09. The van der Waals surface area contributed by atoms with Gasteiger partial charge in [0.1, 0.15) is 11.9 Å². The molecule has 1 aliphatic heterocycles. The summed E-state index contributed by atoms with van der Waals surface area (Å²) in [5.41, 5.74) is 2.29. The van der Waals surface area contributed by atoms with Gasteiger partial charge in [-0.25, -0.2) is 4.98 Å². The normalized spacial score (nSPS) is 23.9. The smallest absolute Gasteiger partial charge is 0.140 e. The van der Waals surface area contributed by atoms with Gasteiger partial charge in [0, 0.05) is 23.6 Å². The van der Waals surface area contributed by atoms with Crippen LogP contribution in [0.1, 0.15) is 30.8 Å². The minimum atomic E-state index is 0.0838. The Morgan fingerprint density at radius 1 is 1.37 bits per heavy atom. The van der Waals surface area contributed by atoms with Gasteiger partial charge in [0.2, 0.25) is 0 Å². The average molecular weight is 322 g/mol. The van der Waals surface area contributed by atoms with E-state index in [9.17, 15) is 0 Å². The molecule has 1 aromatic carbocycles. The van der Waals surface area contributed by atoms with Crippen LogP contribution in [0.3, 0.4) is 0 Å². The fourth-order valence-corrected chi connectivity index (χ4v) is 3.11. The molecule has 1 aliphatic carbocycles. The number of hydrogen-bond acceptors (Lipinski definition) is 3. The Morgan fingerprint density at radius 2 is 2.26 bits per heavy atom. The largest absolute Gasteiger partial charge is 0.368 e. The number of benzene rings is 1. The number of halogens is 1. The van der Waals surface area contributed by atoms with Gasteiger partial charge in [-0.1, -0.05) is 15.9 Å². The summed E-state index contributed by atoms with van der Waals surface area (Å²) in [7, 11) is 0. The lowest BCUT2D eigenvalue weighted by Crippen LogP contribution is -2.34. The summed E-state index contributed by atoms with van der Waals surface area (Å²) in [4.78, 5) is 4.83. The van der Waals surface area contributed by atoms with Crippen molar-refractivity contribution < 1.29 is 4.74 Å². The van der Waals surface area contributed by atoms with Crippen molar-refractivity contribution in [1.82, 2.24) is 14.9 Å². The van der Waals surface area contributed by atoms with Crippen molar-refractivity contribution in [3.8, 4) is 0 Å². The molecule has 2 aromatic rings. The standard InChI is InChI=1S/C14H16BrN3O/c15-9-1-4-12-11(7-9)17-14(18(12)10-2-3-10)13-8-16-5-6-19-13/h1,4,7,10,13,16H,2-3,5-6,8H2. The topological polar surface area (TPSA) is 39.1 Å². The number of aromatic nitrogens is 2. The Bertz CT molecular complexity index is 614. The van der Waals surface area contributed by atoms with E-state index in [0.717, 1.165) is 35.5 Å². The molecule has 1 N–H and O–H groups in total. The van der Waals surface area contributed by atoms with Gasteiger partial charge in [-0.2, -0.15) is 0 Å². The van der Waals surface area contributed by atoms with E-state index < -0.39 is 0 Å². The summed E-state index contributed by atoms with van der Waals surface area (Å²) in [6.45, 7) is 2.56. The highest BCUT2D eigenvalue weighted by Crippen LogP contribution is 2.40. The second kappa shape index (κ2) is 4.58. The van der Waals surface area contributed by atoms with Crippen molar-refractivity contribution in [1.29, 1.82) is 0 Å². The zero-order chi connectivity index (χ0) is 12.8. The molecule has 1 unspecified atom stereocenters. The van der Waals surface area contributed by atoms with Gasteiger partial charge in [0.15, 0.2) is 0 Å². The minimum Gasteiger partial charge on any atom is -0.368 e. The van der Waals surface area contributed by atoms with E-state index >= 15 is 0 Å². The number of imidazole rings is 1. The maximum Gasteiger partial charge on any atom is 0.140 e. The molecule has 4 nitrogen and oxygen atoms in total. The number of morpholine rings is 1. The van der Waals surface area contributed by atoms with E-state index in [1.165, 1.54) is 18.4 Å². The van der Waals surface area contributed by atoms with Gasteiger partial charge in [-0.3, -0.25) is 0 Å². The molecular weight excluding hydrogens is 306 g/mol. The van der Waals surface area contributed by atoms with Crippen molar-refractivity contribution >= 4 is 27.0 Å². The summed E-state index contributed by atoms with van der Waals surface area (Å²) < 4.78 is 9.35. The Hall–Kier alpha value is -0.910. The maximum absolute atomic E-state index is 5.88. The number of rotatable bonds is 2. The molecule has 1 atom stereocenters. The van der Waals surface area contributed by atoms with Crippen molar-refractivity contribution in [3.63, 3.8) is 0 Å². The average Bonchev–Trinajstić information content (AvgIpc) is 3.20. The van der Waals surface area contributed by atoms with E-state index in [-0.39, 0.29) is 6.10 Å². The van der Waals surface area contributed by atoms with E-state index in [1.54, 1.807) is 0 Å². The number of ether oxygens (including phenoxy) is 1. The molecule has 2 heterocycles.